The summed E-state index contributed by atoms with van der Waals surface area (Å²) in [6.07, 6.45) is 8.85. The molecule has 0 unspecified atom stereocenters. The summed E-state index contributed by atoms with van der Waals surface area (Å²) in [5.74, 6) is -0.540. The first-order chi connectivity index (χ1) is 21.4. The third kappa shape index (κ3) is 7.48. The number of nitrogens with zero attached hydrogens (tertiary/aromatic N) is 5. The van der Waals surface area contributed by atoms with Gasteiger partial charge in [-0.05, 0) is 42.0 Å². The van der Waals surface area contributed by atoms with Crippen molar-refractivity contribution in [2.75, 3.05) is 57.1 Å². The van der Waals surface area contributed by atoms with Crippen molar-refractivity contribution in [1.82, 2.24) is 25.9 Å². The van der Waals surface area contributed by atoms with Crippen LogP contribution in [0.4, 0.5) is 21.5 Å². The van der Waals surface area contributed by atoms with Gasteiger partial charge >= 0.3 is 0 Å². The summed E-state index contributed by atoms with van der Waals surface area (Å²) in [6, 6.07) is 9.68. The van der Waals surface area contributed by atoms with E-state index in [2.05, 4.69) is 49.1 Å². The van der Waals surface area contributed by atoms with Crippen molar-refractivity contribution in [3.63, 3.8) is 0 Å². The van der Waals surface area contributed by atoms with E-state index < -0.39 is 5.82 Å². The molecule has 1 aromatic heterocycles. The number of morpholine rings is 1. The van der Waals surface area contributed by atoms with Crippen molar-refractivity contribution >= 4 is 57.4 Å². The molecule has 0 saturated carbocycles. The number of ether oxygens (including phenoxy) is 1. The first-order valence-electron chi connectivity index (χ1n) is 13.9. The van der Waals surface area contributed by atoms with Crippen LogP contribution in [0.2, 0.25) is 10.0 Å². The molecule has 228 valence electrons. The molecule has 1 saturated heterocycles. The molecule has 1 atom stereocenters. The van der Waals surface area contributed by atoms with Crippen LogP contribution in [0, 0.1) is 17.1 Å². The Kier molecular flexibility index (Phi) is 10.3. The maximum atomic E-state index is 13.8. The fourth-order valence-corrected chi connectivity index (χ4v) is 5.32. The van der Waals surface area contributed by atoms with Gasteiger partial charge in [-0.15, -0.1) is 5.53 Å². The Morgan fingerprint density at radius 1 is 1.23 bits per heavy atom. The predicted octanol–water partition coefficient (Wildman–Crippen LogP) is 5.39. The molecule has 2 aliphatic heterocycles. The highest BCUT2D eigenvalue weighted by Gasteiger charge is 2.24. The van der Waals surface area contributed by atoms with Crippen molar-refractivity contribution in [2.24, 2.45) is 4.99 Å². The summed E-state index contributed by atoms with van der Waals surface area (Å²) >= 11 is 12.8. The highest BCUT2D eigenvalue weighted by molar-refractivity contribution is 6.36. The number of allylic oxidation sites excluding steroid dienone is 1. The predicted molar refractivity (Wildman–Crippen MR) is 175 cm³/mol. The molecule has 5 rings (SSSR count). The van der Waals surface area contributed by atoms with Crippen LogP contribution < -0.4 is 21.6 Å². The molecule has 10 nitrogen and oxygen atoms in total. The zero-order valence-corrected chi connectivity index (χ0v) is 25.6. The normalized spacial score (nSPS) is 16.2. The first kappa shape index (κ1) is 31.3. The number of aliphatic imine (C=N–C) groups is 1. The summed E-state index contributed by atoms with van der Waals surface area (Å²) in [7, 11) is 1.70. The first-order valence-corrected chi connectivity index (χ1v) is 14.7. The summed E-state index contributed by atoms with van der Waals surface area (Å²) in [5.41, 5.74) is 10.5. The number of benzene rings is 2. The molecule has 2 aromatic carbocycles. The number of nitriles is 1. The van der Waals surface area contributed by atoms with Gasteiger partial charge in [0.25, 0.3) is 0 Å². The number of fused-ring (bicyclic) bond motifs is 1. The second kappa shape index (κ2) is 14.5. The molecule has 13 heteroatoms. The van der Waals surface area contributed by atoms with Crippen molar-refractivity contribution in [2.45, 2.75) is 6.04 Å². The quantitative estimate of drug-likeness (QED) is 0.163. The van der Waals surface area contributed by atoms with Gasteiger partial charge in [0.2, 0.25) is 0 Å². The smallest absolute Gasteiger partial charge is 0.141 e. The standard InChI is InChI=1S/C31H32Cl2FN9O/c1-20(4-3-7-36-2)29(28-19-43(41-40-28)9-8-42-10-12-44-13-11-42)39-23-14-24-30(38-22-5-6-27(34)25(32)15-22)21(17-35)18-37-31(24)26(33)16-23/h3-7,14-16,18-19,29,39-41H,1,8-13H2,2H3,(H,37,38)/b4-3-,36-7-/t29-/m0/s1. The van der Waals surface area contributed by atoms with E-state index in [0.29, 0.717) is 33.0 Å². The number of aromatic nitrogens is 1. The van der Waals surface area contributed by atoms with Gasteiger partial charge in [-0.2, -0.15) is 5.26 Å². The zero-order valence-electron chi connectivity index (χ0n) is 24.1. The summed E-state index contributed by atoms with van der Waals surface area (Å²) in [6.45, 7) is 9.29. The molecule has 3 aromatic rings. The van der Waals surface area contributed by atoms with Gasteiger partial charge in [0.1, 0.15) is 11.9 Å². The van der Waals surface area contributed by atoms with Gasteiger partial charge in [0, 0.05) is 68.6 Å². The lowest BCUT2D eigenvalue weighted by atomic mass is 10.0. The Morgan fingerprint density at radius 2 is 2.02 bits per heavy atom. The number of hydrogen-bond donors (Lipinski definition) is 4. The van der Waals surface area contributed by atoms with Crippen molar-refractivity contribution in [1.29, 1.82) is 5.26 Å². The van der Waals surface area contributed by atoms with E-state index in [1.807, 2.05) is 29.4 Å². The van der Waals surface area contributed by atoms with Crippen LogP contribution in [0.25, 0.3) is 10.9 Å². The second-order valence-electron chi connectivity index (χ2n) is 10.2. The average molecular weight is 637 g/mol. The summed E-state index contributed by atoms with van der Waals surface area (Å²) < 4.78 is 19.3. The number of hydrogen-bond acceptors (Lipinski definition) is 10. The monoisotopic (exact) mass is 635 g/mol. The third-order valence-corrected chi connectivity index (χ3v) is 7.75. The van der Waals surface area contributed by atoms with Crippen LogP contribution in [0.1, 0.15) is 5.56 Å². The molecule has 44 heavy (non-hydrogen) atoms. The third-order valence-electron chi connectivity index (χ3n) is 7.17. The minimum absolute atomic E-state index is 0.0419. The van der Waals surface area contributed by atoms with E-state index in [-0.39, 0.29) is 16.6 Å². The fourth-order valence-electron chi connectivity index (χ4n) is 4.88. The lowest BCUT2D eigenvalue weighted by Crippen LogP contribution is -2.44. The highest BCUT2D eigenvalue weighted by atomic mass is 35.5. The molecule has 2 aliphatic rings. The zero-order chi connectivity index (χ0) is 31.1. The van der Waals surface area contributed by atoms with E-state index in [9.17, 15) is 9.65 Å². The van der Waals surface area contributed by atoms with Crippen molar-refractivity contribution in [3.8, 4) is 6.07 Å². The lowest BCUT2D eigenvalue weighted by molar-refractivity contribution is 0.0334. The van der Waals surface area contributed by atoms with Crippen LogP contribution in [0.3, 0.4) is 0 Å². The van der Waals surface area contributed by atoms with Gasteiger partial charge in [-0.25, -0.2) is 4.39 Å². The maximum Gasteiger partial charge on any atom is 0.141 e. The largest absolute Gasteiger partial charge is 0.379 e. The number of pyridine rings is 1. The minimum atomic E-state index is -0.540. The van der Waals surface area contributed by atoms with Crippen molar-refractivity contribution < 1.29 is 9.13 Å². The topological polar surface area (TPSA) is 113 Å². The fraction of sp³-hybridized carbons (Fsp3) is 0.258. The van der Waals surface area contributed by atoms with E-state index in [4.69, 9.17) is 27.9 Å². The van der Waals surface area contributed by atoms with E-state index in [1.54, 1.807) is 25.4 Å². The number of hydrazine groups is 2. The highest BCUT2D eigenvalue weighted by Crippen LogP contribution is 2.36. The van der Waals surface area contributed by atoms with E-state index in [0.717, 1.165) is 50.7 Å². The maximum absolute atomic E-state index is 13.8. The minimum Gasteiger partial charge on any atom is -0.379 e. The molecule has 0 aliphatic carbocycles. The molecule has 0 bridgehead atoms. The van der Waals surface area contributed by atoms with Gasteiger partial charge in [0.15, 0.2) is 0 Å². The summed E-state index contributed by atoms with van der Waals surface area (Å²) in [5, 5.41) is 19.6. The Balaban J connectivity index is 1.46. The van der Waals surface area contributed by atoms with E-state index >= 15 is 0 Å². The van der Waals surface area contributed by atoms with Crippen LogP contribution in [0.15, 0.2) is 77.7 Å². The molecule has 4 N–H and O–H groups in total. The number of rotatable bonds is 11. The van der Waals surface area contributed by atoms with Crippen LogP contribution in [-0.4, -0.2) is 73.6 Å². The molecule has 0 amide bonds. The molecule has 3 heterocycles. The van der Waals surface area contributed by atoms with Gasteiger partial charge < -0.3 is 20.8 Å². The van der Waals surface area contributed by atoms with Gasteiger partial charge in [0.05, 0.1) is 51.8 Å². The van der Waals surface area contributed by atoms with Gasteiger partial charge in [-0.3, -0.25) is 19.9 Å². The van der Waals surface area contributed by atoms with Crippen LogP contribution >= 0.6 is 23.2 Å². The van der Waals surface area contributed by atoms with Gasteiger partial charge in [-0.1, -0.05) is 35.9 Å². The molecule has 1 fully saturated rings. The molecular formula is C31H32Cl2FN9O. The number of halogens is 3. The lowest BCUT2D eigenvalue weighted by Gasteiger charge is -2.28. The Morgan fingerprint density at radius 3 is 2.77 bits per heavy atom. The Labute approximate surface area is 265 Å². The molecule has 0 radical (unpaired) electrons. The summed E-state index contributed by atoms with van der Waals surface area (Å²) in [4.78, 5) is 10.8. The average Bonchev–Trinajstić information content (AvgIpc) is 3.50. The number of anilines is 3. The van der Waals surface area contributed by atoms with Crippen molar-refractivity contribution in [3.05, 3.63) is 94.2 Å². The molecular weight excluding hydrogens is 604 g/mol. The SMILES string of the molecule is C=C(/C=C\C=N/C)[C@H](Nc1cc(Cl)c2ncc(C#N)c(Nc3ccc(F)c(Cl)c3)c2c1)C1=CN(CCN2CCOCC2)NN1. The number of nitrogens with one attached hydrogen (secondary N) is 4. The Hall–Kier alpha value is -4.18. The van der Waals surface area contributed by atoms with E-state index in [1.165, 1.54) is 18.3 Å². The Bertz CT molecular complexity index is 1660. The second-order valence-corrected chi connectivity index (χ2v) is 11.0. The molecule has 0 spiro atoms. The van der Waals surface area contributed by atoms with Crippen LogP contribution in [-0.2, 0) is 4.74 Å². The van der Waals surface area contributed by atoms with Crippen LogP contribution in [0.5, 0.6) is 0 Å².